The Bertz CT molecular complexity index is 1360. The third-order valence-electron chi connectivity index (χ3n) is 6.88. The Kier molecular flexibility index (Phi) is 6.43. The Labute approximate surface area is 205 Å². The van der Waals surface area contributed by atoms with Crippen LogP contribution in [0.25, 0.3) is 10.8 Å². The van der Waals surface area contributed by atoms with Crippen LogP contribution < -0.4 is 14.8 Å². The second-order valence-corrected chi connectivity index (χ2v) is 9.00. The number of carboxylic acids is 1. The zero-order chi connectivity index (χ0) is 24.4. The second kappa shape index (κ2) is 9.80. The van der Waals surface area contributed by atoms with Crippen molar-refractivity contribution in [3.63, 3.8) is 0 Å². The lowest BCUT2D eigenvalue weighted by Crippen LogP contribution is -2.37. The molecule has 5 heteroatoms. The van der Waals surface area contributed by atoms with Gasteiger partial charge in [0.05, 0.1) is 7.11 Å². The van der Waals surface area contributed by atoms with Gasteiger partial charge in [0.15, 0.2) is 0 Å². The van der Waals surface area contributed by atoms with Crippen LogP contribution in [-0.2, 0) is 0 Å². The van der Waals surface area contributed by atoms with E-state index in [1.807, 2.05) is 24.3 Å². The molecule has 1 heterocycles. The molecule has 0 saturated heterocycles. The van der Waals surface area contributed by atoms with Gasteiger partial charge in [-0.15, -0.1) is 0 Å². The second-order valence-electron chi connectivity index (χ2n) is 9.00. The number of hydrogen-bond donors (Lipinski definition) is 2. The van der Waals surface area contributed by atoms with E-state index in [-0.39, 0.29) is 23.6 Å². The highest BCUT2D eigenvalue weighted by atomic mass is 16.5. The SMILES string of the molecule is COc1c(C(=O)O)cccc1[C@@H]1C[C@H](CNC(C)c2cccc3ccccc23)Oc2ccccc21. The Morgan fingerprint density at radius 2 is 1.71 bits per heavy atom. The molecule has 0 bridgehead atoms. The van der Waals surface area contributed by atoms with Crippen LogP contribution in [0.4, 0.5) is 0 Å². The number of nitrogens with one attached hydrogen (secondary N) is 1. The van der Waals surface area contributed by atoms with Gasteiger partial charge in [-0.25, -0.2) is 4.79 Å². The number of rotatable bonds is 7. The van der Waals surface area contributed by atoms with Crippen LogP contribution in [0, 0.1) is 0 Å². The maximum atomic E-state index is 11.8. The van der Waals surface area contributed by atoms with Gasteiger partial charge in [0.25, 0.3) is 0 Å². The predicted molar refractivity (Wildman–Crippen MR) is 138 cm³/mol. The molecule has 35 heavy (non-hydrogen) atoms. The zero-order valence-electron chi connectivity index (χ0n) is 19.9. The topological polar surface area (TPSA) is 67.8 Å². The summed E-state index contributed by atoms with van der Waals surface area (Å²) in [5.41, 5.74) is 3.35. The Morgan fingerprint density at radius 1 is 1.00 bits per heavy atom. The van der Waals surface area contributed by atoms with E-state index in [9.17, 15) is 9.90 Å². The van der Waals surface area contributed by atoms with Crippen molar-refractivity contribution in [2.24, 2.45) is 0 Å². The molecule has 0 aromatic heterocycles. The molecular weight excluding hydrogens is 438 g/mol. The highest BCUT2D eigenvalue weighted by Gasteiger charge is 2.32. The molecule has 0 saturated carbocycles. The Morgan fingerprint density at radius 3 is 2.54 bits per heavy atom. The summed E-state index contributed by atoms with van der Waals surface area (Å²) in [7, 11) is 1.53. The quantitative estimate of drug-likeness (QED) is 0.340. The van der Waals surface area contributed by atoms with Crippen LogP contribution in [0.1, 0.15) is 52.4 Å². The maximum absolute atomic E-state index is 11.8. The number of ether oxygens (including phenoxy) is 2. The molecule has 3 atom stereocenters. The molecule has 0 spiro atoms. The molecule has 1 aliphatic rings. The van der Waals surface area contributed by atoms with Gasteiger partial charge in [-0.05, 0) is 41.8 Å². The van der Waals surface area contributed by atoms with Crippen LogP contribution in [0.2, 0.25) is 0 Å². The van der Waals surface area contributed by atoms with E-state index in [0.29, 0.717) is 18.7 Å². The minimum Gasteiger partial charge on any atom is -0.496 e. The molecular formula is C30H29NO4. The van der Waals surface area contributed by atoms with Crippen molar-refractivity contribution in [2.75, 3.05) is 13.7 Å². The largest absolute Gasteiger partial charge is 0.496 e. The fourth-order valence-corrected chi connectivity index (χ4v) is 5.18. The van der Waals surface area contributed by atoms with Crippen molar-refractivity contribution >= 4 is 16.7 Å². The molecule has 1 aliphatic heterocycles. The van der Waals surface area contributed by atoms with Gasteiger partial charge in [-0.1, -0.05) is 72.8 Å². The lowest BCUT2D eigenvalue weighted by Gasteiger charge is -2.34. The van der Waals surface area contributed by atoms with Crippen molar-refractivity contribution in [3.05, 3.63) is 107 Å². The van der Waals surface area contributed by atoms with Crippen LogP contribution in [0.3, 0.4) is 0 Å². The lowest BCUT2D eigenvalue weighted by atomic mass is 9.83. The van der Waals surface area contributed by atoms with Crippen molar-refractivity contribution in [2.45, 2.75) is 31.4 Å². The van der Waals surface area contributed by atoms with Gasteiger partial charge in [0.1, 0.15) is 23.2 Å². The average molecular weight is 468 g/mol. The lowest BCUT2D eigenvalue weighted by molar-refractivity contribution is 0.0693. The summed E-state index contributed by atoms with van der Waals surface area (Å²) in [6.45, 7) is 2.84. The first-order valence-electron chi connectivity index (χ1n) is 11.9. The van der Waals surface area contributed by atoms with Gasteiger partial charge in [0.2, 0.25) is 0 Å². The van der Waals surface area contributed by atoms with Crippen LogP contribution in [-0.4, -0.2) is 30.8 Å². The molecule has 178 valence electrons. The minimum atomic E-state index is -0.994. The van der Waals surface area contributed by atoms with Gasteiger partial charge in [-0.2, -0.15) is 0 Å². The first-order valence-corrected chi connectivity index (χ1v) is 11.9. The molecule has 0 fully saturated rings. The van der Waals surface area contributed by atoms with E-state index >= 15 is 0 Å². The highest BCUT2D eigenvalue weighted by Crippen LogP contribution is 2.44. The first-order chi connectivity index (χ1) is 17.1. The minimum absolute atomic E-state index is 0.0335. The number of aromatic carboxylic acids is 1. The van der Waals surface area contributed by atoms with Crippen molar-refractivity contribution in [1.82, 2.24) is 5.32 Å². The van der Waals surface area contributed by atoms with Crippen LogP contribution in [0.15, 0.2) is 84.9 Å². The number of carbonyl (C=O) groups is 1. The van der Waals surface area contributed by atoms with Gasteiger partial charge < -0.3 is 19.9 Å². The van der Waals surface area contributed by atoms with E-state index < -0.39 is 5.97 Å². The molecule has 2 N–H and O–H groups in total. The molecule has 0 amide bonds. The molecule has 0 aliphatic carbocycles. The normalized spacial score (nSPS) is 17.9. The first kappa shape index (κ1) is 22.9. The Hall–Kier alpha value is -3.83. The predicted octanol–water partition coefficient (Wildman–Crippen LogP) is 6.18. The summed E-state index contributed by atoms with van der Waals surface area (Å²) in [6, 6.07) is 28.3. The van der Waals surface area contributed by atoms with E-state index in [2.05, 4.69) is 60.8 Å². The fourth-order valence-electron chi connectivity index (χ4n) is 5.18. The number of carboxylic acid groups (broad SMARTS) is 1. The van der Waals surface area contributed by atoms with E-state index in [1.54, 1.807) is 12.1 Å². The number of fused-ring (bicyclic) bond motifs is 2. The molecule has 5 rings (SSSR count). The number of benzene rings is 4. The molecule has 0 radical (unpaired) electrons. The monoisotopic (exact) mass is 467 g/mol. The summed E-state index contributed by atoms with van der Waals surface area (Å²) in [5.74, 6) is 0.216. The van der Waals surface area contributed by atoms with Gasteiger partial charge in [0, 0.05) is 29.6 Å². The van der Waals surface area contributed by atoms with E-state index in [4.69, 9.17) is 9.47 Å². The standard InChI is InChI=1S/C30H29NO4/c1-19(22-13-7-10-20-9-3-4-11-23(20)22)31-18-21-17-27(24-12-5-6-16-28(24)35-21)25-14-8-15-26(30(32)33)29(25)34-2/h3-16,19,21,27,31H,17-18H2,1-2H3,(H,32,33)/t19?,21-,27-/m1/s1. The third-order valence-corrected chi connectivity index (χ3v) is 6.88. The summed E-state index contributed by atoms with van der Waals surface area (Å²) in [6.07, 6.45) is 0.636. The Balaban J connectivity index is 1.42. The molecule has 4 aromatic carbocycles. The summed E-state index contributed by atoms with van der Waals surface area (Å²) >= 11 is 0. The van der Waals surface area contributed by atoms with Crippen molar-refractivity contribution < 1.29 is 19.4 Å². The van der Waals surface area contributed by atoms with Crippen LogP contribution >= 0.6 is 0 Å². The number of methoxy groups -OCH3 is 1. The molecule has 1 unspecified atom stereocenters. The summed E-state index contributed by atoms with van der Waals surface area (Å²) in [5, 5.41) is 15.8. The third kappa shape index (κ3) is 4.47. The van der Waals surface area contributed by atoms with Crippen LogP contribution in [0.5, 0.6) is 11.5 Å². The maximum Gasteiger partial charge on any atom is 0.339 e. The summed E-state index contributed by atoms with van der Waals surface area (Å²) in [4.78, 5) is 11.8. The highest BCUT2D eigenvalue weighted by molar-refractivity contribution is 5.91. The number of para-hydroxylation sites is 2. The number of hydrogen-bond acceptors (Lipinski definition) is 4. The van der Waals surface area contributed by atoms with Crippen molar-refractivity contribution in [1.29, 1.82) is 0 Å². The van der Waals surface area contributed by atoms with Crippen molar-refractivity contribution in [3.8, 4) is 11.5 Å². The smallest absolute Gasteiger partial charge is 0.339 e. The summed E-state index contributed by atoms with van der Waals surface area (Å²) < 4.78 is 12.0. The molecule has 5 nitrogen and oxygen atoms in total. The zero-order valence-corrected chi connectivity index (χ0v) is 19.9. The van der Waals surface area contributed by atoms with Gasteiger partial charge in [-0.3, -0.25) is 0 Å². The van der Waals surface area contributed by atoms with E-state index in [0.717, 1.165) is 16.9 Å². The van der Waals surface area contributed by atoms with E-state index in [1.165, 1.54) is 23.4 Å². The molecule has 4 aromatic rings. The fraction of sp³-hybridized carbons (Fsp3) is 0.233. The van der Waals surface area contributed by atoms with Gasteiger partial charge >= 0.3 is 5.97 Å². The average Bonchev–Trinajstić information content (AvgIpc) is 2.90.